The highest BCUT2D eigenvalue weighted by molar-refractivity contribution is 6.30. The average molecular weight is 476 g/mol. The van der Waals surface area contributed by atoms with Gasteiger partial charge in [-0.3, -0.25) is 4.79 Å². The molecule has 0 unspecified atom stereocenters. The third kappa shape index (κ3) is 5.24. The Labute approximate surface area is 205 Å². The molecule has 0 atom stereocenters. The lowest BCUT2D eigenvalue weighted by molar-refractivity contribution is -0.111. The lowest BCUT2D eigenvalue weighted by atomic mass is 10.0. The van der Waals surface area contributed by atoms with Gasteiger partial charge in [0, 0.05) is 41.3 Å². The van der Waals surface area contributed by atoms with Gasteiger partial charge in [0.05, 0.1) is 11.2 Å². The standard InChI is InChI=1S/C27H30ClN5O/c1-19-24-18-22(30-26(34)11-6-20-4-7-21(28)8-5-20)9-10-25(24)31-27(29-19)33-16-12-23(13-17-33)32-14-2-3-15-32/h4-11,18,23H,2-3,12-17H2,1H3,(H,30,34)/b11-6-. The Morgan fingerprint density at radius 3 is 2.50 bits per heavy atom. The van der Waals surface area contributed by atoms with Gasteiger partial charge >= 0.3 is 0 Å². The first-order valence-electron chi connectivity index (χ1n) is 12.1. The molecule has 0 saturated carbocycles. The fourth-order valence-corrected chi connectivity index (χ4v) is 5.08. The Morgan fingerprint density at radius 2 is 1.76 bits per heavy atom. The van der Waals surface area contributed by atoms with Crippen LogP contribution in [0.2, 0.25) is 5.02 Å². The van der Waals surface area contributed by atoms with Gasteiger partial charge in [-0.25, -0.2) is 9.97 Å². The van der Waals surface area contributed by atoms with Crippen LogP contribution < -0.4 is 10.2 Å². The summed E-state index contributed by atoms with van der Waals surface area (Å²) in [7, 11) is 0. The number of carbonyl (C=O) groups excluding carboxylic acids is 1. The van der Waals surface area contributed by atoms with Gasteiger partial charge in [-0.15, -0.1) is 0 Å². The first kappa shape index (κ1) is 22.8. The van der Waals surface area contributed by atoms with E-state index in [1.807, 2.05) is 37.3 Å². The number of aryl methyl sites for hydroxylation is 1. The molecule has 3 heterocycles. The molecule has 5 rings (SSSR count). The number of fused-ring (bicyclic) bond motifs is 1. The lowest BCUT2D eigenvalue weighted by Crippen LogP contribution is -2.44. The van der Waals surface area contributed by atoms with Crippen LogP contribution in [0.4, 0.5) is 11.6 Å². The molecule has 0 bridgehead atoms. The SMILES string of the molecule is Cc1nc(N2CCC(N3CCCC3)CC2)nc2ccc(NC(=O)/C=C\c3ccc(Cl)cc3)cc12. The van der Waals surface area contributed by atoms with Gasteiger partial charge in [-0.05, 0) is 87.7 Å². The van der Waals surface area contributed by atoms with E-state index < -0.39 is 0 Å². The number of benzene rings is 2. The molecule has 176 valence electrons. The molecule has 3 aromatic rings. The number of nitrogens with zero attached hydrogens (tertiary/aromatic N) is 4. The first-order valence-corrected chi connectivity index (χ1v) is 12.4. The predicted molar refractivity (Wildman–Crippen MR) is 139 cm³/mol. The highest BCUT2D eigenvalue weighted by atomic mass is 35.5. The molecule has 7 heteroatoms. The Balaban J connectivity index is 1.25. The van der Waals surface area contributed by atoms with Crippen molar-refractivity contribution in [2.75, 3.05) is 36.4 Å². The summed E-state index contributed by atoms with van der Waals surface area (Å²) >= 11 is 5.91. The van der Waals surface area contributed by atoms with E-state index in [0.29, 0.717) is 11.1 Å². The van der Waals surface area contributed by atoms with Crippen LogP contribution in [0.3, 0.4) is 0 Å². The number of aromatic nitrogens is 2. The number of rotatable bonds is 5. The van der Waals surface area contributed by atoms with E-state index in [1.165, 1.54) is 44.8 Å². The van der Waals surface area contributed by atoms with Crippen LogP contribution in [0.25, 0.3) is 17.0 Å². The Kier molecular flexibility index (Phi) is 6.79. The zero-order chi connectivity index (χ0) is 23.5. The summed E-state index contributed by atoms with van der Waals surface area (Å²) in [6, 6.07) is 13.9. The van der Waals surface area contributed by atoms with Crippen LogP contribution in [-0.4, -0.2) is 53.0 Å². The van der Waals surface area contributed by atoms with Crippen LogP contribution in [0.15, 0.2) is 48.5 Å². The van der Waals surface area contributed by atoms with Gasteiger partial charge in [0.2, 0.25) is 11.9 Å². The molecule has 34 heavy (non-hydrogen) atoms. The van der Waals surface area contributed by atoms with Crippen molar-refractivity contribution in [3.05, 3.63) is 64.8 Å². The number of halogens is 1. The van der Waals surface area contributed by atoms with Crippen molar-refractivity contribution in [2.45, 2.75) is 38.6 Å². The number of likely N-dealkylation sites (tertiary alicyclic amines) is 1. The van der Waals surface area contributed by atoms with E-state index in [2.05, 4.69) is 15.1 Å². The highest BCUT2D eigenvalue weighted by Crippen LogP contribution is 2.26. The van der Waals surface area contributed by atoms with Crippen LogP contribution in [0, 0.1) is 6.92 Å². The second-order valence-electron chi connectivity index (χ2n) is 9.18. The first-order chi connectivity index (χ1) is 16.5. The molecule has 2 aromatic carbocycles. The maximum absolute atomic E-state index is 12.4. The topological polar surface area (TPSA) is 61.4 Å². The number of amides is 1. The predicted octanol–water partition coefficient (Wildman–Crippen LogP) is 5.31. The van der Waals surface area contributed by atoms with Crippen molar-refractivity contribution < 1.29 is 4.79 Å². The summed E-state index contributed by atoms with van der Waals surface area (Å²) in [5.74, 6) is 0.623. The maximum Gasteiger partial charge on any atom is 0.248 e. The van der Waals surface area contributed by atoms with Crippen molar-refractivity contribution in [3.63, 3.8) is 0 Å². The minimum Gasteiger partial charge on any atom is -0.341 e. The van der Waals surface area contributed by atoms with E-state index in [4.69, 9.17) is 21.6 Å². The molecule has 1 N–H and O–H groups in total. The van der Waals surface area contributed by atoms with Gasteiger partial charge in [0.1, 0.15) is 0 Å². The van der Waals surface area contributed by atoms with Crippen LogP contribution in [0.5, 0.6) is 0 Å². The second-order valence-corrected chi connectivity index (χ2v) is 9.61. The van der Waals surface area contributed by atoms with E-state index in [-0.39, 0.29) is 5.91 Å². The van der Waals surface area contributed by atoms with Gasteiger partial charge in [-0.1, -0.05) is 23.7 Å². The Hall–Kier alpha value is -2.96. The number of hydrogen-bond donors (Lipinski definition) is 1. The number of piperidine rings is 1. The molecule has 1 amide bonds. The maximum atomic E-state index is 12.4. The Bertz CT molecular complexity index is 1200. The molecule has 6 nitrogen and oxygen atoms in total. The summed E-state index contributed by atoms with van der Waals surface area (Å²) in [5, 5.41) is 4.56. The molecule has 0 spiro atoms. The van der Waals surface area contributed by atoms with E-state index in [9.17, 15) is 4.79 Å². The molecular formula is C27H30ClN5O. The van der Waals surface area contributed by atoms with E-state index >= 15 is 0 Å². The second kappa shape index (κ2) is 10.1. The number of carbonyl (C=O) groups is 1. The summed E-state index contributed by atoms with van der Waals surface area (Å²) < 4.78 is 0. The minimum absolute atomic E-state index is 0.189. The van der Waals surface area contributed by atoms with Crippen molar-refractivity contribution in [3.8, 4) is 0 Å². The zero-order valence-corrected chi connectivity index (χ0v) is 20.3. The zero-order valence-electron chi connectivity index (χ0n) is 19.5. The van der Waals surface area contributed by atoms with E-state index in [1.54, 1.807) is 18.2 Å². The smallest absolute Gasteiger partial charge is 0.248 e. The van der Waals surface area contributed by atoms with Gasteiger partial charge in [-0.2, -0.15) is 0 Å². The van der Waals surface area contributed by atoms with Crippen LogP contribution >= 0.6 is 11.6 Å². The lowest BCUT2D eigenvalue weighted by Gasteiger charge is -2.36. The minimum atomic E-state index is -0.189. The molecule has 1 aromatic heterocycles. The molecule has 2 saturated heterocycles. The third-order valence-electron chi connectivity index (χ3n) is 6.84. The Morgan fingerprint density at radius 1 is 1.03 bits per heavy atom. The quantitative estimate of drug-likeness (QED) is 0.507. The van der Waals surface area contributed by atoms with Crippen molar-refractivity contribution >= 4 is 46.1 Å². The highest BCUT2D eigenvalue weighted by Gasteiger charge is 2.27. The molecule has 2 aliphatic heterocycles. The van der Waals surface area contributed by atoms with Gasteiger partial charge in [0.25, 0.3) is 0 Å². The summed E-state index contributed by atoms with van der Waals surface area (Å²) in [6.07, 6.45) is 8.32. The molecule has 0 radical (unpaired) electrons. The monoisotopic (exact) mass is 475 g/mol. The summed E-state index contributed by atoms with van der Waals surface area (Å²) in [6.45, 7) is 6.52. The molecule has 2 aliphatic rings. The van der Waals surface area contributed by atoms with Gasteiger partial charge < -0.3 is 15.1 Å². The van der Waals surface area contributed by atoms with Crippen molar-refractivity contribution in [1.82, 2.24) is 14.9 Å². The van der Waals surface area contributed by atoms with E-state index in [0.717, 1.165) is 46.9 Å². The number of nitrogens with one attached hydrogen (secondary N) is 1. The van der Waals surface area contributed by atoms with Crippen LogP contribution in [-0.2, 0) is 4.79 Å². The van der Waals surface area contributed by atoms with Gasteiger partial charge in [0.15, 0.2) is 0 Å². The average Bonchev–Trinajstić information content (AvgIpc) is 3.39. The van der Waals surface area contributed by atoms with Crippen molar-refractivity contribution in [2.24, 2.45) is 0 Å². The van der Waals surface area contributed by atoms with Crippen molar-refractivity contribution in [1.29, 1.82) is 0 Å². The molecule has 2 fully saturated rings. The molecular weight excluding hydrogens is 446 g/mol. The normalized spacial score (nSPS) is 17.6. The molecule has 0 aliphatic carbocycles. The summed E-state index contributed by atoms with van der Waals surface area (Å²) in [4.78, 5) is 27.0. The fraction of sp³-hybridized carbons (Fsp3) is 0.370. The fourth-order valence-electron chi connectivity index (χ4n) is 4.95. The van der Waals surface area contributed by atoms with Crippen LogP contribution in [0.1, 0.15) is 36.9 Å². The summed E-state index contributed by atoms with van der Waals surface area (Å²) in [5.41, 5.74) is 3.47. The number of anilines is 2. The number of hydrogen-bond acceptors (Lipinski definition) is 5. The third-order valence-corrected chi connectivity index (χ3v) is 7.10. The largest absolute Gasteiger partial charge is 0.341 e.